The minimum Gasteiger partial charge on any atom is -0.484 e. The van der Waals surface area contributed by atoms with Crippen molar-refractivity contribution in [2.24, 2.45) is 0 Å². The number of hydrogen-bond acceptors (Lipinski definition) is 9. The molecule has 3 unspecified atom stereocenters. The molecule has 18 nitrogen and oxygen atoms in total. The fourth-order valence-corrected chi connectivity index (χ4v) is 7.39. The number of hydrogen-bond donors (Lipinski definition) is 9. The number of carbonyl (C=O) groups excluding carboxylic acids is 6. The third-order valence-corrected chi connectivity index (χ3v) is 11.3. The van der Waals surface area contributed by atoms with Crippen LogP contribution in [0.5, 0.6) is 17.2 Å². The maximum Gasteiger partial charge on any atom is 0.271 e. The SMILES string of the molecule is CCNC(=O)c1cc(OC(C)c2ccc(F)cc2F)c(C(=O)NCCCNC(=O)c2cc(OC(C)c3cccc(F)c3F)c(C(=O)NCCCNC(=O)c3cc(OC(C)c4ccc(F)c(F)c4)c(C(=O)NC)[nH]3)[nH]2)[nH]1. The molecule has 6 rings (SSSR count). The van der Waals surface area contributed by atoms with E-state index in [0.29, 0.717) is 6.07 Å². The van der Waals surface area contributed by atoms with E-state index >= 15 is 0 Å². The van der Waals surface area contributed by atoms with Gasteiger partial charge in [-0.05, 0) is 76.4 Å². The highest BCUT2D eigenvalue weighted by Crippen LogP contribution is 2.31. The Morgan fingerprint density at radius 3 is 1.43 bits per heavy atom. The van der Waals surface area contributed by atoms with Crippen molar-refractivity contribution in [3.63, 3.8) is 0 Å². The topological polar surface area (TPSA) is 250 Å². The average Bonchev–Trinajstić information content (AvgIpc) is 4.12. The zero-order chi connectivity index (χ0) is 54.5. The number of nitrogens with one attached hydrogen (secondary N) is 9. The van der Waals surface area contributed by atoms with Crippen LogP contribution in [0.4, 0.5) is 26.3 Å². The smallest absolute Gasteiger partial charge is 0.271 e. The van der Waals surface area contributed by atoms with Crippen LogP contribution in [0.15, 0.2) is 72.8 Å². The quantitative estimate of drug-likeness (QED) is 0.0221. The minimum absolute atomic E-state index is 0.00199. The van der Waals surface area contributed by atoms with E-state index in [9.17, 15) is 55.1 Å². The highest BCUT2D eigenvalue weighted by molar-refractivity contribution is 6.01. The standard InChI is InChI=1S/C51H53F6N9O9/c1-6-59-46(67)36-22-40(74-26(3)30-14-13-29(52)21-34(30)55)44(65-36)50(71)62-18-9-17-61-48(69)38-24-41(75-27(4)31-10-7-11-33(54)42(31)57)45(66-38)51(72)63-19-8-16-60-47(68)37-23-39(43(64-37)49(70)58-5)73-25(2)28-12-15-32(53)35(56)20-28/h7,10-15,20-27,64-66H,6,8-9,16-19H2,1-5H3,(H,58,70)(H,59,67)(H,60,68)(H,61,69)(H,62,71)(H,63,72). The number of rotatable bonds is 24. The van der Waals surface area contributed by atoms with Crippen molar-refractivity contribution in [1.29, 1.82) is 0 Å². The van der Waals surface area contributed by atoms with Gasteiger partial charge in [0.1, 0.15) is 64.1 Å². The molecule has 0 aliphatic rings. The molecule has 3 aromatic heterocycles. The average molecular weight is 1050 g/mol. The first-order valence-corrected chi connectivity index (χ1v) is 23.5. The Morgan fingerprint density at radius 2 is 0.947 bits per heavy atom. The molecule has 0 aliphatic carbocycles. The molecular weight excluding hydrogens is 997 g/mol. The van der Waals surface area contributed by atoms with Crippen LogP contribution >= 0.6 is 0 Å². The van der Waals surface area contributed by atoms with Gasteiger partial charge in [0.25, 0.3) is 35.4 Å². The van der Waals surface area contributed by atoms with Gasteiger partial charge in [0, 0.05) is 75.2 Å². The number of aromatic amines is 3. The van der Waals surface area contributed by atoms with E-state index in [1.165, 1.54) is 63.4 Å². The van der Waals surface area contributed by atoms with Crippen molar-refractivity contribution in [3.8, 4) is 17.2 Å². The fourth-order valence-electron chi connectivity index (χ4n) is 7.39. The van der Waals surface area contributed by atoms with Gasteiger partial charge < -0.3 is 61.1 Å². The van der Waals surface area contributed by atoms with Gasteiger partial charge in [-0.3, -0.25) is 28.8 Å². The first-order chi connectivity index (χ1) is 35.8. The predicted octanol–water partition coefficient (Wildman–Crippen LogP) is 7.13. The summed E-state index contributed by atoms with van der Waals surface area (Å²) in [6.45, 7) is 6.32. The van der Waals surface area contributed by atoms with Crippen LogP contribution in [0.25, 0.3) is 0 Å². The maximum atomic E-state index is 14.8. The molecule has 24 heteroatoms. The lowest BCUT2D eigenvalue weighted by molar-refractivity contribution is 0.0926. The molecule has 0 aliphatic heterocycles. The Labute approximate surface area is 425 Å². The molecule has 9 N–H and O–H groups in total. The number of carbonyl (C=O) groups is 6. The molecule has 0 fully saturated rings. The zero-order valence-electron chi connectivity index (χ0n) is 41.1. The van der Waals surface area contributed by atoms with Gasteiger partial charge in [0.15, 0.2) is 40.5 Å². The monoisotopic (exact) mass is 1050 g/mol. The molecule has 0 saturated heterocycles. The molecule has 398 valence electrons. The number of amides is 6. The molecule has 0 spiro atoms. The van der Waals surface area contributed by atoms with E-state index in [-0.39, 0.29) is 114 Å². The largest absolute Gasteiger partial charge is 0.484 e. The second kappa shape index (κ2) is 25.3. The van der Waals surface area contributed by atoms with Crippen molar-refractivity contribution in [2.45, 2.75) is 58.8 Å². The van der Waals surface area contributed by atoms with E-state index in [0.717, 1.165) is 24.3 Å². The molecule has 3 heterocycles. The van der Waals surface area contributed by atoms with Crippen LogP contribution in [0, 0.1) is 34.9 Å². The van der Waals surface area contributed by atoms with Gasteiger partial charge in [-0.2, -0.15) is 0 Å². The molecule has 0 saturated carbocycles. The zero-order valence-corrected chi connectivity index (χ0v) is 41.1. The van der Waals surface area contributed by atoms with Gasteiger partial charge in [-0.1, -0.05) is 18.2 Å². The molecule has 75 heavy (non-hydrogen) atoms. The fraction of sp³-hybridized carbons (Fsp3) is 0.294. The summed E-state index contributed by atoms with van der Waals surface area (Å²) in [6, 6.07) is 13.3. The van der Waals surface area contributed by atoms with Gasteiger partial charge in [-0.15, -0.1) is 0 Å². The van der Waals surface area contributed by atoms with Gasteiger partial charge in [-0.25, -0.2) is 26.3 Å². The Bertz CT molecular complexity index is 3070. The highest BCUT2D eigenvalue weighted by Gasteiger charge is 2.27. The molecular formula is C51H53F6N9O9. The Kier molecular flexibility index (Phi) is 18.8. The van der Waals surface area contributed by atoms with Crippen molar-refractivity contribution in [2.75, 3.05) is 39.8 Å². The third-order valence-electron chi connectivity index (χ3n) is 11.3. The second-order valence-corrected chi connectivity index (χ2v) is 16.7. The lowest BCUT2D eigenvalue weighted by Crippen LogP contribution is -2.31. The first kappa shape index (κ1) is 55.6. The predicted molar refractivity (Wildman–Crippen MR) is 259 cm³/mol. The number of ether oxygens (including phenoxy) is 3. The first-order valence-electron chi connectivity index (χ1n) is 23.5. The minimum atomic E-state index is -1.18. The molecule has 3 aromatic carbocycles. The highest BCUT2D eigenvalue weighted by atomic mass is 19.2. The Morgan fingerprint density at radius 1 is 0.480 bits per heavy atom. The summed E-state index contributed by atoms with van der Waals surface area (Å²) in [7, 11) is 1.36. The van der Waals surface area contributed by atoms with Crippen LogP contribution in [-0.4, -0.2) is 90.2 Å². The lowest BCUT2D eigenvalue weighted by Gasteiger charge is -2.16. The normalized spacial score (nSPS) is 12.2. The number of halogens is 6. The second-order valence-electron chi connectivity index (χ2n) is 16.7. The summed E-state index contributed by atoms with van der Waals surface area (Å²) in [5, 5.41) is 15.6. The van der Waals surface area contributed by atoms with E-state index in [1.807, 2.05) is 0 Å². The number of aromatic nitrogens is 3. The van der Waals surface area contributed by atoms with Crippen molar-refractivity contribution in [1.82, 2.24) is 46.9 Å². The number of benzene rings is 3. The maximum absolute atomic E-state index is 14.8. The van der Waals surface area contributed by atoms with E-state index in [4.69, 9.17) is 14.2 Å². The summed E-state index contributed by atoms with van der Waals surface area (Å²) >= 11 is 0. The summed E-state index contributed by atoms with van der Waals surface area (Å²) in [6.07, 6.45) is -2.71. The van der Waals surface area contributed by atoms with Crippen LogP contribution in [0.2, 0.25) is 0 Å². The summed E-state index contributed by atoms with van der Waals surface area (Å²) in [4.78, 5) is 86.8. The summed E-state index contributed by atoms with van der Waals surface area (Å²) < 4.78 is 102. The van der Waals surface area contributed by atoms with Crippen molar-refractivity contribution < 1.29 is 69.3 Å². The van der Waals surface area contributed by atoms with Gasteiger partial charge in [0.2, 0.25) is 0 Å². The summed E-state index contributed by atoms with van der Waals surface area (Å²) in [5.41, 5.74) is -0.712. The molecule has 0 radical (unpaired) electrons. The summed E-state index contributed by atoms with van der Waals surface area (Å²) in [5.74, 6) is -10.5. The van der Waals surface area contributed by atoms with Crippen LogP contribution in [-0.2, 0) is 0 Å². The van der Waals surface area contributed by atoms with Crippen LogP contribution in [0.3, 0.4) is 0 Å². The van der Waals surface area contributed by atoms with E-state index < -0.39 is 88.7 Å². The van der Waals surface area contributed by atoms with Gasteiger partial charge >= 0.3 is 0 Å². The van der Waals surface area contributed by atoms with Crippen molar-refractivity contribution >= 4 is 35.4 Å². The van der Waals surface area contributed by atoms with Crippen molar-refractivity contribution in [3.05, 3.63) is 159 Å². The van der Waals surface area contributed by atoms with Crippen LogP contribution < -0.4 is 46.1 Å². The Balaban J connectivity index is 1.05. The number of H-pyrrole nitrogens is 3. The lowest BCUT2D eigenvalue weighted by atomic mass is 10.1. The molecule has 6 aromatic rings. The molecule has 3 atom stereocenters. The Hall–Kier alpha value is -8.70. The molecule has 0 bridgehead atoms. The van der Waals surface area contributed by atoms with E-state index in [2.05, 4.69) is 46.9 Å². The third kappa shape index (κ3) is 14.1. The van der Waals surface area contributed by atoms with Gasteiger partial charge in [0.05, 0.1) is 0 Å². The van der Waals surface area contributed by atoms with Crippen LogP contribution in [0.1, 0.15) is 138 Å². The molecule has 6 amide bonds. The van der Waals surface area contributed by atoms with E-state index in [1.54, 1.807) is 13.8 Å².